The number of hydrogen-bond acceptors (Lipinski definition) is 4. The topological polar surface area (TPSA) is 80.3 Å². The van der Waals surface area contributed by atoms with Crippen LogP contribution in [0.25, 0.3) is 0 Å². The Bertz CT molecular complexity index is 909. The molecule has 0 aliphatic carbocycles. The monoisotopic (exact) mass is 347 g/mol. The maximum Gasteiger partial charge on any atom is 0.274 e. The average molecular weight is 347 g/mol. The highest BCUT2D eigenvalue weighted by Gasteiger charge is 2.12. The van der Waals surface area contributed by atoms with Crippen LogP contribution >= 0.6 is 0 Å². The molecule has 6 nitrogen and oxygen atoms in total. The zero-order valence-corrected chi connectivity index (χ0v) is 14.1. The fourth-order valence-corrected chi connectivity index (χ4v) is 2.29. The van der Waals surface area contributed by atoms with Crippen LogP contribution in [-0.2, 0) is 0 Å². The minimum absolute atomic E-state index is 0.154. The van der Waals surface area contributed by atoms with E-state index in [1.165, 1.54) is 12.3 Å². The SMILES string of the molecule is COc1ccc(NC(=O)c2cc(C(=O)Nc3ccccc3)ccn2)cc1. The lowest BCUT2D eigenvalue weighted by molar-refractivity contribution is 0.102. The molecule has 2 N–H and O–H groups in total. The highest BCUT2D eigenvalue weighted by molar-refractivity contribution is 6.07. The molecule has 130 valence electrons. The molecule has 0 aliphatic rings. The normalized spacial score (nSPS) is 10.0. The first-order chi connectivity index (χ1) is 12.7. The van der Waals surface area contributed by atoms with E-state index in [0.29, 0.717) is 22.7 Å². The van der Waals surface area contributed by atoms with E-state index >= 15 is 0 Å². The average Bonchev–Trinajstić information content (AvgIpc) is 2.69. The summed E-state index contributed by atoms with van der Waals surface area (Å²) in [5.74, 6) is -0.0117. The van der Waals surface area contributed by atoms with Crippen LogP contribution in [-0.4, -0.2) is 23.9 Å². The van der Waals surface area contributed by atoms with Gasteiger partial charge in [-0.1, -0.05) is 18.2 Å². The molecule has 1 heterocycles. The molecular weight excluding hydrogens is 330 g/mol. The minimum atomic E-state index is -0.399. The van der Waals surface area contributed by atoms with Gasteiger partial charge in [0.1, 0.15) is 11.4 Å². The van der Waals surface area contributed by atoms with Gasteiger partial charge in [-0.05, 0) is 48.5 Å². The Balaban J connectivity index is 1.71. The number of amides is 2. The maximum absolute atomic E-state index is 12.4. The van der Waals surface area contributed by atoms with E-state index < -0.39 is 5.91 Å². The molecule has 3 rings (SSSR count). The lowest BCUT2D eigenvalue weighted by Crippen LogP contribution is -2.17. The fourth-order valence-electron chi connectivity index (χ4n) is 2.29. The van der Waals surface area contributed by atoms with Gasteiger partial charge < -0.3 is 15.4 Å². The van der Waals surface area contributed by atoms with Crippen molar-refractivity contribution in [2.75, 3.05) is 17.7 Å². The standard InChI is InChI=1S/C20H17N3O3/c1-26-17-9-7-16(8-10-17)23-20(25)18-13-14(11-12-21-18)19(24)22-15-5-3-2-4-6-15/h2-13H,1H3,(H,22,24)(H,23,25). The molecule has 0 saturated heterocycles. The number of benzene rings is 2. The van der Waals surface area contributed by atoms with Crippen molar-refractivity contribution >= 4 is 23.2 Å². The molecule has 6 heteroatoms. The summed E-state index contributed by atoms with van der Waals surface area (Å²) >= 11 is 0. The second-order valence-corrected chi connectivity index (χ2v) is 5.43. The third kappa shape index (κ3) is 4.24. The largest absolute Gasteiger partial charge is 0.497 e. The number of aromatic nitrogens is 1. The maximum atomic E-state index is 12.4. The Labute approximate surface area is 150 Å². The predicted octanol–water partition coefficient (Wildman–Crippen LogP) is 3.59. The number of anilines is 2. The van der Waals surface area contributed by atoms with Gasteiger partial charge in [0, 0.05) is 23.1 Å². The lowest BCUT2D eigenvalue weighted by atomic mass is 10.2. The van der Waals surface area contributed by atoms with Crippen molar-refractivity contribution in [2.24, 2.45) is 0 Å². The molecule has 2 amide bonds. The molecule has 0 radical (unpaired) electrons. The summed E-state index contributed by atoms with van der Waals surface area (Å²) < 4.78 is 5.08. The first-order valence-corrected chi connectivity index (χ1v) is 7.93. The van der Waals surface area contributed by atoms with E-state index in [4.69, 9.17) is 4.74 Å². The van der Waals surface area contributed by atoms with Crippen molar-refractivity contribution in [2.45, 2.75) is 0 Å². The smallest absolute Gasteiger partial charge is 0.274 e. The van der Waals surface area contributed by atoms with Crippen molar-refractivity contribution in [3.8, 4) is 5.75 Å². The zero-order valence-electron chi connectivity index (χ0n) is 14.1. The van der Waals surface area contributed by atoms with Crippen LogP contribution in [0.1, 0.15) is 20.8 Å². The Morgan fingerprint density at radius 1 is 0.846 bits per heavy atom. The summed E-state index contributed by atoms with van der Waals surface area (Å²) in [6.45, 7) is 0. The molecule has 0 spiro atoms. The van der Waals surface area contributed by atoms with E-state index in [1.54, 1.807) is 49.6 Å². The number of hydrogen-bond donors (Lipinski definition) is 2. The summed E-state index contributed by atoms with van der Waals surface area (Å²) in [5.41, 5.74) is 1.79. The van der Waals surface area contributed by atoms with Crippen LogP contribution in [0.4, 0.5) is 11.4 Å². The number of pyridine rings is 1. The number of rotatable bonds is 5. The number of nitrogens with one attached hydrogen (secondary N) is 2. The van der Waals surface area contributed by atoms with Gasteiger partial charge in [0.15, 0.2) is 0 Å². The summed E-state index contributed by atoms with van der Waals surface area (Å²) in [5, 5.41) is 5.51. The number of methoxy groups -OCH3 is 1. The van der Waals surface area contributed by atoms with Gasteiger partial charge in [0.25, 0.3) is 11.8 Å². The highest BCUT2D eigenvalue weighted by Crippen LogP contribution is 2.16. The molecule has 26 heavy (non-hydrogen) atoms. The van der Waals surface area contributed by atoms with Crippen molar-refractivity contribution in [1.29, 1.82) is 0 Å². The van der Waals surface area contributed by atoms with E-state index in [-0.39, 0.29) is 11.6 Å². The van der Waals surface area contributed by atoms with Gasteiger partial charge >= 0.3 is 0 Å². The van der Waals surface area contributed by atoms with Gasteiger partial charge in [0.05, 0.1) is 7.11 Å². The third-order valence-corrected chi connectivity index (χ3v) is 3.63. The molecule has 0 fully saturated rings. The molecule has 0 bridgehead atoms. The zero-order chi connectivity index (χ0) is 18.4. The first kappa shape index (κ1) is 17.2. The van der Waals surface area contributed by atoms with Crippen molar-refractivity contribution < 1.29 is 14.3 Å². The third-order valence-electron chi connectivity index (χ3n) is 3.63. The second-order valence-electron chi connectivity index (χ2n) is 5.43. The number of para-hydroxylation sites is 1. The fraction of sp³-hybridized carbons (Fsp3) is 0.0500. The van der Waals surface area contributed by atoms with Crippen molar-refractivity contribution in [1.82, 2.24) is 4.98 Å². The number of carbonyl (C=O) groups excluding carboxylic acids is 2. The molecule has 2 aromatic carbocycles. The molecule has 0 atom stereocenters. The van der Waals surface area contributed by atoms with E-state index in [2.05, 4.69) is 15.6 Å². The highest BCUT2D eigenvalue weighted by atomic mass is 16.5. The lowest BCUT2D eigenvalue weighted by Gasteiger charge is -2.08. The Kier molecular flexibility index (Phi) is 5.24. The Hall–Kier alpha value is -3.67. The van der Waals surface area contributed by atoms with Gasteiger partial charge in [-0.2, -0.15) is 0 Å². The Morgan fingerprint density at radius 3 is 2.19 bits per heavy atom. The molecule has 3 aromatic rings. The van der Waals surface area contributed by atoms with Crippen LogP contribution in [0.15, 0.2) is 72.9 Å². The van der Waals surface area contributed by atoms with Crippen molar-refractivity contribution in [3.63, 3.8) is 0 Å². The van der Waals surface area contributed by atoms with Crippen LogP contribution < -0.4 is 15.4 Å². The van der Waals surface area contributed by atoms with Crippen LogP contribution in [0.3, 0.4) is 0 Å². The van der Waals surface area contributed by atoms with E-state index in [0.717, 1.165) is 0 Å². The van der Waals surface area contributed by atoms with Gasteiger partial charge in [-0.3, -0.25) is 14.6 Å². The first-order valence-electron chi connectivity index (χ1n) is 7.93. The second kappa shape index (κ2) is 7.94. The summed E-state index contributed by atoms with van der Waals surface area (Å²) in [4.78, 5) is 28.7. The Morgan fingerprint density at radius 2 is 1.50 bits per heavy atom. The van der Waals surface area contributed by atoms with Gasteiger partial charge in [0.2, 0.25) is 0 Å². The molecule has 0 saturated carbocycles. The summed E-state index contributed by atoms with van der Waals surface area (Å²) in [6.07, 6.45) is 1.43. The van der Waals surface area contributed by atoms with Crippen molar-refractivity contribution in [3.05, 3.63) is 84.2 Å². The number of ether oxygens (including phenoxy) is 1. The quantitative estimate of drug-likeness (QED) is 0.739. The van der Waals surface area contributed by atoms with Crippen LogP contribution in [0.5, 0.6) is 5.75 Å². The molecule has 0 aliphatic heterocycles. The molecule has 1 aromatic heterocycles. The van der Waals surface area contributed by atoms with Gasteiger partial charge in [-0.15, -0.1) is 0 Å². The van der Waals surface area contributed by atoms with Gasteiger partial charge in [-0.25, -0.2) is 0 Å². The van der Waals surface area contributed by atoms with Crippen LogP contribution in [0.2, 0.25) is 0 Å². The minimum Gasteiger partial charge on any atom is -0.497 e. The van der Waals surface area contributed by atoms with E-state index in [1.807, 2.05) is 18.2 Å². The molecule has 0 unspecified atom stereocenters. The number of nitrogens with zero attached hydrogens (tertiary/aromatic N) is 1. The summed E-state index contributed by atoms with van der Waals surface area (Å²) in [7, 11) is 1.57. The predicted molar refractivity (Wildman–Crippen MR) is 99.6 cm³/mol. The van der Waals surface area contributed by atoms with E-state index in [9.17, 15) is 9.59 Å². The number of carbonyl (C=O) groups is 2. The molecular formula is C20H17N3O3. The van der Waals surface area contributed by atoms with Crippen LogP contribution in [0, 0.1) is 0 Å². The summed E-state index contributed by atoms with van der Waals surface area (Å²) in [6, 6.07) is 19.0.